The summed E-state index contributed by atoms with van der Waals surface area (Å²) in [5, 5.41) is 50.0. The van der Waals surface area contributed by atoms with E-state index in [1.54, 1.807) is 24.3 Å². The number of rotatable bonds is 5. The fourth-order valence-electron chi connectivity index (χ4n) is 3.34. The smallest absolute Gasteiger partial charge is 0.185 e. The Morgan fingerprint density at radius 1 is 1.19 bits per heavy atom. The van der Waals surface area contributed by atoms with Gasteiger partial charge >= 0.3 is 0 Å². The minimum atomic E-state index is -1.03. The number of hydrogen-bond acceptors (Lipinski definition) is 7. The Bertz CT molecular complexity index is 610. The minimum Gasteiger partial charge on any atom is -1.00 e. The van der Waals surface area contributed by atoms with E-state index in [4.69, 9.17) is 21.1 Å². The average Bonchev–Trinajstić information content (AvgIpc) is 2.89. The molecule has 3 rings (SSSR count). The van der Waals surface area contributed by atoms with Gasteiger partial charge in [0.1, 0.15) is 42.0 Å². The van der Waals surface area contributed by atoms with Gasteiger partial charge in [-0.1, -0.05) is 29.8 Å². The van der Waals surface area contributed by atoms with Crippen LogP contribution in [0, 0.1) is 0 Å². The van der Waals surface area contributed by atoms with Crippen LogP contribution in [-0.4, -0.2) is 86.0 Å². The molecule has 0 saturated carbocycles. The number of halogens is 2. The molecule has 2 aliphatic rings. The third-order valence-corrected chi connectivity index (χ3v) is 7.94. The van der Waals surface area contributed by atoms with Gasteiger partial charge in [0.25, 0.3) is 0 Å². The van der Waals surface area contributed by atoms with Crippen molar-refractivity contribution in [3.05, 3.63) is 34.9 Å². The molecule has 2 saturated heterocycles. The van der Waals surface area contributed by atoms with E-state index in [2.05, 4.69) is 0 Å². The predicted molar refractivity (Wildman–Crippen MR) is 97.0 cm³/mol. The first-order valence-electron chi connectivity index (χ1n) is 8.43. The molecule has 2 unspecified atom stereocenters. The zero-order chi connectivity index (χ0) is 18.8. The Labute approximate surface area is 171 Å². The SMILES string of the molecule is OC[C@@H]1[C@@H](O)[C@H](O)C[S+]1C[C@@H](O)[C@H]1OC(c2ccccc2Cl)OC[C@H]1O.[Cl-]. The fraction of sp³-hybridized carbons (Fsp3) is 0.647. The maximum absolute atomic E-state index is 10.6. The lowest BCUT2D eigenvalue weighted by Crippen LogP contribution is -3.00. The lowest BCUT2D eigenvalue weighted by molar-refractivity contribution is -0.273. The highest BCUT2D eigenvalue weighted by Crippen LogP contribution is 2.33. The molecule has 0 radical (unpaired) electrons. The van der Waals surface area contributed by atoms with Crippen molar-refractivity contribution in [1.82, 2.24) is 0 Å². The molecule has 1 aromatic rings. The van der Waals surface area contributed by atoms with Gasteiger partial charge in [0.05, 0.1) is 13.2 Å². The van der Waals surface area contributed by atoms with Crippen LogP contribution in [0.15, 0.2) is 24.3 Å². The summed E-state index contributed by atoms with van der Waals surface area (Å²) in [5.41, 5.74) is 0.612. The molecule has 0 bridgehead atoms. The molecule has 0 spiro atoms. The van der Waals surface area contributed by atoms with Crippen molar-refractivity contribution >= 4 is 22.5 Å². The fourth-order valence-corrected chi connectivity index (χ4v) is 6.24. The lowest BCUT2D eigenvalue weighted by atomic mass is 10.1. The molecule has 5 N–H and O–H groups in total. The van der Waals surface area contributed by atoms with E-state index in [1.807, 2.05) is 0 Å². The topological polar surface area (TPSA) is 120 Å². The molecular weight excluding hydrogens is 419 g/mol. The normalized spacial score (nSPS) is 37.6. The van der Waals surface area contributed by atoms with Crippen LogP contribution in [0.25, 0.3) is 0 Å². The van der Waals surface area contributed by atoms with Gasteiger partial charge in [0.2, 0.25) is 0 Å². The standard InChI is InChI=1S/C17H24ClO7S.ClH/c18-10-4-2-1-3-9(10)17-24-6-11(20)16(25-17)13(22)8-26-7-12(21)15(23)14(26)5-19;/h1-4,11-17,19-23H,5-8H2;1H/q+1;/p-1/t11-,12-,13-,14-,15+,16+,17?,26?;/m1./s1. The molecule has 8 atom stereocenters. The van der Waals surface area contributed by atoms with Gasteiger partial charge in [0, 0.05) is 21.5 Å². The zero-order valence-corrected chi connectivity index (χ0v) is 16.7. The van der Waals surface area contributed by atoms with Gasteiger partial charge in [-0.2, -0.15) is 0 Å². The molecular formula is C17H24Cl2O7S. The molecule has 27 heavy (non-hydrogen) atoms. The molecule has 2 fully saturated rings. The molecule has 2 heterocycles. The second-order valence-electron chi connectivity index (χ2n) is 6.57. The molecule has 7 nitrogen and oxygen atoms in total. The summed E-state index contributed by atoms with van der Waals surface area (Å²) < 4.78 is 11.3. The summed E-state index contributed by atoms with van der Waals surface area (Å²) in [6.45, 7) is -0.284. The van der Waals surface area contributed by atoms with Crippen molar-refractivity contribution in [2.75, 3.05) is 24.7 Å². The Kier molecular flexibility index (Phi) is 8.63. The van der Waals surface area contributed by atoms with E-state index in [-0.39, 0.29) is 31.4 Å². The first-order chi connectivity index (χ1) is 12.4. The maximum Gasteiger partial charge on any atom is 0.185 e. The van der Waals surface area contributed by atoms with Crippen LogP contribution in [-0.2, 0) is 20.4 Å². The van der Waals surface area contributed by atoms with E-state index in [1.165, 1.54) is 0 Å². The second-order valence-corrected chi connectivity index (χ2v) is 9.33. The Morgan fingerprint density at radius 2 is 1.89 bits per heavy atom. The van der Waals surface area contributed by atoms with E-state index < -0.39 is 53.0 Å². The average molecular weight is 443 g/mol. The first-order valence-corrected chi connectivity index (χ1v) is 10.4. The highest BCUT2D eigenvalue weighted by atomic mass is 35.5. The largest absolute Gasteiger partial charge is 1.00 e. The Hall–Kier alpha value is -0.130. The van der Waals surface area contributed by atoms with Crippen molar-refractivity contribution in [2.45, 2.75) is 42.1 Å². The quantitative estimate of drug-likeness (QED) is 0.296. The van der Waals surface area contributed by atoms with Crippen molar-refractivity contribution in [3.63, 3.8) is 0 Å². The van der Waals surface area contributed by atoms with Crippen LogP contribution in [0.4, 0.5) is 0 Å². The van der Waals surface area contributed by atoms with Gasteiger partial charge in [-0.3, -0.25) is 0 Å². The maximum atomic E-state index is 10.6. The van der Waals surface area contributed by atoms with Gasteiger partial charge in [-0.05, 0) is 6.07 Å². The summed E-state index contributed by atoms with van der Waals surface area (Å²) >= 11 is 6.16. The molecule has 0 aromatic heterocycles. The zero-order valence-electron chi connectivity index (χ0n) is 14.4. The first kappa shape index (κ1) is 23.2. The van der Waals surface area contributed by atoms with E-state index in [0.29, 0.717) is 16.3 Å². The van der Waals surface area contributed by atoms with Gasteiger partial charge < -0.3 is 47.4 Å². The summed E-state index contributed by atoms with van der Waals surface area (Å²) in [6.07, 6.45) is -5.67. The number of benzene rings is 1. The van der Waals surface area contributed by atoms with Gasteiger partial charge in [-0.15, -0.1) is 0 Å². The van der Waals surface area contributed by atoms with Crippen LogP contribution in [0.1, 0.15) is 11.9 Å². The highest BCUT2D eigenvalue weighted by molar-refractivity contribution is 7.97. The molecule has 0 aliphatic carbocycles. The summed E-state index contributed by atoms with van der Waals surface area (Å²) in [5.74, 6) is 0.507. The number of aliphatic hydroxyl groups is 5. The van der Waals surface area contributed by atoms with Crippen LogP contribution in [0.3, 0.4) is 0 Å². The Balaban J connectivity index is 0.00000261. The number of aliphatic hydroxyl groups excluding tert-OH is 5. The molecule has 2 aliphatic heterocycles. The number of hydrogen-bond donors (Lipinski definition) is 5. The summed E-state index contributed by atoms with van der Waals surface area (Å²) in [7, 11) is -0.590. The van der Waals surface area contributed by atoms with Crippen LogP contribution in [0.2, 0.25) is 5.02 Å². The third-order valence-electron chi connectivity index (χ3n) is 4.77. The minimum absolute atomic E-state index is 0. The van der Waals surface area contributed by atoms with Gasteiger partial charge in [-0.25, -0.2) is 0 Å². The molecule has 10 heteroatoms. The lowest BCUT2D eigenvalue weighted by Gasteiger charge is -2.36. The second kappa shape index (κ2) is 10.1. The molecule has 154 valence electrons. The van der Waals surface area contributed by atoms with Crippen molar-refractivity contribution in [1.29, 1.82) is 0 Å². The molecule has 0 amide bonds. The van der Waals surface area contributed by atoms with E-state index in [0.717, 1.165) is 0 Å². The Morgan fingerprint density at radius 3 is 2.56 bits per heavy atom. The summed E-state index contributed by atoms with van der Waals surface area (Å²) in [4.78, 5) is 0. The third kappa shape index (κ3) is 5.08. The predicted octanol–water partition coefficient (Wildman–Crippen LogP) is -3.81. The van der Waals surface area contributed by atoms with Gasteiger partial charge in [0.15, 0.2) is 11.5 Å². The monoisotopic (exact) mass is 442 g/mol. The van der Waals surface area contributed by atoms with Crippen molar-refractivity contribution in [3.8, 4) is 0 Å². The summed E-state index contributed by atoms with van der Waals surface area (Å²) in [6, 6.07) is 7.03. The van der Waals surface area contributed by atoms with Crippen LogP contribution in [0.5, 0.6) is 0 Å². The van der Waals surface area contributed by atoms with Crippen LogP contribution < -0.4 is 12.4 Å². The molecule has 1 aromatic carbocycles. The van der Waals surface area contributed by atoms with Crippen LogP contribution >= 0.6 is 11.6 Å². The van der Waals surface area contributed by atoms with E-state index >= 15 is 0 Å². The highest BCUT2D eigenvalue weighted by Gasteiger charge is 2.51. The van der Waals surface area contributed by atoms with E-state index in [9.17, 15) is 25.5 Å². The van der Waals surface area contributed by atoms with Crippen molar-refractivity contribution < 1.29 is 47.4 Å². The van der Waals surface area contributed by atoms with Crippen molar-refractivity contribution in [2.24, 2.45) is 0 Å². The number of ether oxygens (including phenoxy) is 2.